The predicted octanol–water partition coefficient (Wildman–Crippen LogP) is 0.182. The van der Waals surface area contributed by atoms with E-state index in [2.05, 4.69) is 4.98 Å². The van der Waals surface area contributed by atoms with Gasteiger partial charge in [-0.05, 0) is 6.07 Å². The summed E-state index contributed by atoms with van der Waals surface area (Å²) in [6.45, 7) is 0.838. The van der Waals surface area contributed by atoms with Crippen molar-refractivity contribution >= 4 is 5.97 Å². The zero-order chi connectivity index (χ0) is 14.1. The first-order chi connectivity index (χ1) is 9.15. The fourth-order valence-corrected chi connectivity index (χ4v) is 1.27. The molecule has 0 saturated heterocycles. The van der Waals surface area contributed by atoms with Crippen molar-refractivity contribution in [3.05, 3.63) is 24.0 Å². The van der Waals surface area contributed by atoms with Crippen LogP contribution in [0.3, 0.4) is 0 Å². The fraction of sp³-hybridized carbons (Fsp3) is 0.500. The highest BCUT2D eigenvalue weighted by molar-refractivity contribution is 5.90. The van der Waals surface area contributed by atoms with Crippen molar-refractivity contribution in [2.45, 2.75) is 6.10 Å². The summed E-state index contributed by atoms with van der Waals surface area (Å²) in [6.07, 6.45) is 1.81. The second-order valence-corrected chi connectivity index (χ2v) is 3.71. The molecule has 0 radical (unpaired) electrons. The largest absolute Gasteiger partial charge is 0.488 e. The molecule has 0 aliphatic heterocycles. The number of rotatable bonds is 9. The average molecular weight is 271 g/mol. The van der Waals surface area contributed by atoms with Gasteiger partial charge >= 0.3 is 5.97 Å². The second kappa shape index (κ2) is 8.41. The first-order valence-electron chi connectivity index (χ1n) is 5.70. The van der Waals surface area contributed by atoms with Crippen LogP contribution in [0.1, 0.15) is 10.4 Å². The Bertz CT molecular complexity index is 398. The molecule has 19 heavy (non-hydrogen) atoms. The molecule has 0 spiro atoms. The number of carboxylic acids is 1. The van der Waals surface area contributed by atoms with Crippen LogP contribution in [0.25, 0.3) is 0 Å². The lowest BCUT2D eigenvalue weighted by Crippen LogP contribution is -2.24. The molecule has 1 heterocycles. The minimum atomic E-state index is -1.11. The number of pyridine rings is 1. The Balaban J connectivity index is 2.37. The summed E-state index contributed by atoms with van der Waals surface area (Å²) in [7, 11) is 1.55. The van der Waals surface area contributed by atoms with Crippen LogP contribution in [-0.4, -0.2) is 60.8 Å². The number of hydrogen-bond acceptors (Lipinski definition) is 6. The third-order valence-corrected chi connectivity index (χ3v) is 2.19. The molecule has 0 aliphatic rings. The Kier molecular flexibility index (Phi) is 6.80. The molecule has 7 nitrogen and oxygen atoms in total. The van der Waals surface area contributed by atoms with Crippen molar-refractivity contribution in [3.63, 3.8) is 0 Å². The summed E-state index contributed by atoms with van der Waals surface area (Å²) in [5.74, 6) is -0.992. The molecule has 1 rings (SSSR count). The van der Waals surface area contributed by atoms with E-state index in [9.17, 15) is 9.90 Å². The van der Waals surface area contributed by atoms with E-state index in [-0.39, 0.29) is 24.5 Å². The highest BCUT2D eigenvalue weighted by atomic mass is 16.5. The maximum atomic E-state index is 10.9. The van der Waals surface area contributed by atoms with Crippen molar-refractivity contribution in [1.82, 2.24) is 4.98 Å². The molecule has 0 bridgehead atoms. The molecule has 0 aromatic carbocycles. The van der Waals surface area contributed by atoms with E-state index in [4.69, 9.17) is 19.3 Å². The van der Waals surface area contributed by atoms with E-state index >= 15 is 0 Å². The molecule has 0 aliphatic carbocycles. The van der Waals surface area contributed by atoms with Crippen molar-refractivity contribution in [2.75, 3.05) is 33.5 Å². The van der Waals surface area contributed by atoms with Gasteiger partial charge in [0, 0.05) is 13.3 Å². The zero-order valence-electron chi connectivity index (χ0n) is 10.6. The van der Waals surface area contributed by atoms with Gasteiger partial charge in [-0.1, -0.05) is 0 Å². The standard InChI is InChI=1S/C12H17NO6/c1-17-4-5-18-7-9(14)8-19-11-6-13-3-2-10(11)12(15)16/h2-3,6,9,14H,4-5,7-8H2,1H3,(H,15,16). The molecular weight excluding hydrogens is 254 g/mol. The van der Waals surface area contributed by atoms with Crippen LogP contribution in [-0.2, 0) is 9.47 Å². The molecule has 0 amide bonds. The van der Waals surface area contributed by atoms with Gasteiger partial charge in [-0.15, -0.1) is 0 Å². The number of aliphatic hydroxyl groups is 1. The third kappa shape index (κ3) is 5.64. The average Bonchev–Trinajstić information content (AvgIpc) is 2.41. The number of nitrogens with zero attached hydrogens (tertiary/aromatic N) is 1. The van der Waals surface area contributed by atoms with Crippen LogP contribution >= 0.6 is 0 Å². The van der Waals surface area contributed by atoms with Gasteiger partial charge in [-0.25, -0.2) is 4.79 Å². The van der Waals surface area contributed by atoms with Crippen molar-refractivity contribution < 1.29 is 29.2 Å². The van der Waals surface area contributed by atoms with Crippen LogP contribution in [0.2, 0.25) is 0 Å². The Hall–Kier alpha value is -1.70. The highest BCUT2D eigenvalue weighted by Gasteiger charge is 2.12. The monoisotopic (exact) mass is 271 g/mol. The summed E-state index contributed by atoms with van der Waals surface area (Å²) in [5, 5.41) is 18.5. The molecule has 1 unspecified atom stereocenters. The third-order valence-electron chi connectivity index (χ3n) is 2.19. The molecule has 1 aromatic heterocycles. The lowest BCUT2D eigenvalue weighted by atomic mass is 10.2. The Morgan fingerprint density at radius 1 is 1.42 bits per heavy atom. The first-order valence-corrected chi connectivity index (χ1v) is 5.70. The fourth-order valence-electron chi connectivity index (χ4n) is 1.27. The van der Waals surface area contributed by atoms with Gasteiger partial charge in [0.15, 0.2) is 5.75 Å². The van der Waals surface area contributed by atoms with Crippen LogP contribution in [0.15, 0.2) is 18.5 Å². The van der Waals surface area contributed by atoms with Gasteiger partial charge < -0.3 is 24.4 Å². The summed E-state index contributed by atoms with van der Waals surface area (Å²) >= 11 is 0. The van der Waals surface area contributed by atoms with Crippen molar-refractivity contribution in [2.24, 2.45) is 0 Å². The Morgan fingerprint density at radius 3 is 2.89 bits per heavy atom. The molecule has 106 valence electrons. The van der Waals surface area contributed by atoms with Crippen LogP contribution in [0, 0.1) is 0 Å². The SMILES string of the molecule is COCCOCC(O)COc1cnccc1C(=O)O. The van der Waals surface area contributed by atoms with Gasteiger partial charge in [-0.3, -0.25) is 4.98 Å². The van der Waals surface area contributed by atoms with Gasteiger partial charge in [0.05, 0.1) is 26.0 Å². The van der Waals surface area contributed by atoms with Crippen LogP contribution < -0.4 is 4.74 Å². The number of ether oxygens (including phenoxy) is 3. The zero-order valence-corrected chi connectivity index (χ0v) is 10.6. The molecule has 0 saturated carbocycles. The predicted molar refractivity (Wildman–Crippen MR) is 65.4 cm³/mol. The van der Waals surface area contributed by atoms with Crippen molar-refractivity contribution in [1.29, 1.82) is 0 Å². The molecular formula is C12H17NO6. The number of carbonyl (C=O) groups is 1. The normalized spacial score (nSPS) is 12.1. The number of aromatic nitrogens is 1. The number of aromatic carboxylic acids is 1. The Morgan fingerprint density at radius 2 is 2.21 bits per heavy atom. The maximum absolute atomic E-state index is 10.9. The molecule has 0 fully saturated rings. The number of aliphatic hydroxyl groups excluding tert-OH is 1. The van der Waals surface area contributed by atoms with Gasteiger partial charge in [0.1, 0.15) is 18.3 Å². The van der Waals surface area contributed by atoms with E-state index in [1.54, 1.807) is 7.11 Å². The number of methoxy groups -OCH3 is 1. The molecule has 2 N–H and O–H groups in total. The van der Waals surface area contributed by atoms with Crippen LogP contribution in [0.4, 0.5) is 0 Å². The van der Waals surface area contributed by atoms with Crippen molar-refractivity contribution in [3.8, 4) is 5.75 Å². The van der Waals surface area contributed by atoms with E-state index < -0.39 is 12.1 Å². The molecule has 7 heteroatoms. The van der Waals surface area contributed by atoms with Crippen LogP contribution in [0.5, 0.6) is 5.75 Å². The lowest BCUT2D eigenvalue weighted by Gasteiger charge is -2.13. The van der Waals surface area contributed by atoms with E-state index in [0.717, 1.165) is 0 Å². The molecule has 1 aromatic rings. The van der Waals surface area contributed by atoms with E-state index in [1.807, 2.05) is 0 Å². The quantitative estimate of drug-likeness (QED) is 0.618. The minimum absolute atomic E-state index is 0.00232. The van der Waals surface area contributed by atoms with Gasteiger partial charge in [-0.2, -0.15) is 0 Å². The first kappa shape index (κ1) is 15.4. The number of hydrogen-bond donors (Lipinski definition) is 2. The topological polar surface area (TPSA) is 98.1 Å². The summed E-state index contributed by atoms with van der Waals surface area (Å²) in [6, 6.07) is 1.33. The van der Waals surface area contributed by atoms with Gasteiger partial charge in [0.25, 0.3) is 0 Å². The minimum Gasteiger partial charge on any atom is -0.488 e. The lowest BCUT2D eigenvalue weighted by molar-refractivity contribution is -0.00443. The number of carboxylic acid groups (broad SMARTS) is 1. The summed E-state index contributed by atoms with van der Waals surface area (Å²) in [4.78, 5) is 14.7. The summed E-state index contributed by atoms with van der Waals surface area (Å²) in [5.41, 5.74) is 0.00232. The van der Waals surface area contributed by atoms with Gasteiger partial charge in [0.2, 0.25) is 0 Å². The maximum Gasteiger partial charge on any atom is 0.339 e. The summed E-state index contributed by atoms with van der Waals surface area (Å²) < 4.78 is 15.1. The molecule has 1 atom stereocenters. The second-order valence-electron chi connectivity index (χ2n) is 3.71. The van der Waals surface area contributed by atoms with E-state index in [0.29, 0.717) is 13.2 Å². The van der Waals surface area contributed by atoms with E-state index in [1.165, 1.54) is 18.5 Å². The highest BCUT2D eigenvalue weighted by Crippen LogP contribution is 2.16. The smallest absolute Gasteiger partial charge is 0.339 e. The Labute approximate surface area is 110 Å².